The van der Waals surface area contributed by atoms with E-state index in [4.69, 9.17) is 27.9 Å². The third-order valence-corrected chi connectivity index (χ3v) is 5.17. The first-order valence-corrected chi connectivity index (χ1v) is 9.50. The Morgan fingerprint density at radius 2 is 1.96 bits per heavy atom. The summed E-state index contributed by atoms with van der Waals surface area (Å²) in [4.78, 5) is 8.14. The number of nitrogens with zero attached hydrogens (tertiary/aromatic N) is 2. The van der Waals surface area contributed by atoms with Crippen LogP contribution >= 0.6 is 35.0 Å². The molecule has 1 heterocycles. The van der Waals surface area contributed by atoms with E-state index in [0.29, 0.717) is 34.7 Å². The van der Waals surface area contributed by atoms with Gasteiger partial charge in [0.25, 0.3) is 0 Å². The molecule has 148 valence electrons. The van der Waals surface area contributed by atoms with Crippen LogP contribution in [0.15, 0.2) is 23.4 Å². The molecule has 11 heteroatoms. The van der Waals surface area contributed by atoms with Crippen molar-refractivity contribution >= 4 is 40.8 Å². The van der Waals surface area contributed by atoms with Crippen molar-refractivity contribution in [2.45, 2.75) is 24.4 Å². The molecule has 0 saturated carbocycles. The maximum absolute atomic E-state index is 13.9. The average molecular weight is 444 g/mol. The summed E-state index contributed by atoms with van der Waals surface area (Å²) in [6.07, 6.45) is -2.35. The predicted molar refractivity (Wildman–Crippen MR) is 98.6 cm³/mol. The maximum Gasteiger partial charge on any atom is 0.398 e. The smallest absolute Gasteiger partial charge is 0.398 e. The van der Waals surface area contributed by atoms with E-state index < -0.39 is 17.7 Å². The van der Waals surface area contributed by atoms with Gasteiger partial charge in [0, 0.05) is 4.90 Å². The van der Waals surface area contributed by atoms with Crippen molar-refractivity contribution in [3.63, 3.8) is 0 Å². The standard InChI is InChI=1S/C16H15Cl2F4N3OS/c1-2-11-14(18)15(25-8-24-11)23-3-4-26-12-6-13(9(17)5-10(12)19)27-7-16(20,21)22/h5-6,8H,2-4,7H2,1H3,(H,23,24,25). The SMILES string of the molecule is CCc1ncnc(NCCOc2cc(SCC(F)(F)F)c(Cl)cc2F)c1Cl. The number of benzene rings is 1. The minimum absolute atomic E-state index is 0.0315. The highest BCUT2D eigenvalue weighted by Crippen LogP contribution is 2.36. The molecule has 0 atom stereocenters. The van der Waals surface area contributed by atoms with Gasteiger partial charge >= 0.3 is 6.18 Å². The van der Waals surface area contributed by atoms with Crippen LogP contribution in [-0.2, 0) is 6.42 Å². The van der Waals surface area contributed by atoms with Gasteiger partial charge in [-0.15, -0.1) is 11.8 Å². The molecule has 0 bridgehead atoms. The molecule has 0 aliphatic heterocycles. The lowest BCUT2D eigenvalue weighted by Gasteiger charge is -2.13. The molecule has 0 amide bonds. The number of rotatable bonds is 8. The van der Waals surface area contributed by atoms with Crippen LogP contribution in [0.2, 0.25) is 10.0 Å². The lowest BCUT2D eigenvalue weighted by Crippen LogP contribution is -2.14. The van der Waals surface area contributed by atoms with Crippen molar-refractivity contribution in [2.75, 3.05) is 24.2 Å². The third kappa shape index (κ3) is 6.58. The molecular formula is C16H15Cl2F4N3OS. The molecule has 0 unspecified atom stereocenters. The minimum Gasteiger partial charge on any atom is -0.489 e. The van der Waals surface area contributed by atoms with Crippen molar-refractivity contribution in [2.24, 2.45) is 0 Å². The summed E-state index contributed by atoms with van der Waals surface area (Å²) in [7, 11) is 0. The van der Waals surface area contributed by atoms with Crippen LogP contribution in [0.5, 0.6) is 5.75 Å². The molecule has 1 aromatic carbocycles. The van der Waals surface area contributed by atoms with Crippen LogP contribution in [0.1, 0.15) is 12.6 Å². The Balaban J connectivity index is 1.95. The van der Waals surface area contributed by atoms with Crippen LogP contribution in [0.3, 0.4) is 0 Å². The van der Waals surface area contributed by atoms with Crippen molar-refractivity contribution in [1.82, 2.24) is 9.97 Å². The van der Waals surface area contributed by atoms with Crippen molar-refractivity contribution in [1.29, 1.82) is 0 Å². The predicted octanol–water partition coefficient (Wildman–Crippen LogP) is 5.63. The molecule has 0 fully saturated rings. The van der Waals surface area contributed by atoms with Crippen LogP contribution in [0, 0.1) is 5.82 Å². The minimum atomic E-state index is -4.36. The molecule has 2 rings (SSSR count). The maximum atomic E-state index is 13.9. The molecule has 1 aromatic heterocycles. The summed E-state index contributed by atoms with van der Waals surface area (Å²) in [5.74, 6) is -1.66. The number of ether oxygens (including phenoxy) is 1. The average Bonchev–Trinajstić information content (AvgIpc) is 2.59. The fourth-order valence-corrected chi connectivity index (χ4v) is 3.32. The van der Waals surface area contributed by atoms with Crippen molar-refractivity contribution in [3.05, 3.63) is 40.0 Å². The van der Waals surface area contributed by atoms with Crippen LogP contribution in [0.25, 0.3) is 0 Å². The third-order valence-electron chi connectivity index (χ3n) is 3.23. The fraction of sp³-hybridized carbons (Fsp3) is 0.375. The van der Waals surface area contributed by atoms with E-state index in [9.17, 15) is 17.6 Å². The van der Waals surface area contributed by atoms with Gasteiger partial charge in [-0.3, -0.25) is 0 Å². The second kappa shape index (κ2) is 9.66. The summed E-state index contributed by atoms with van der Waals surface area (Å²) < 4.78 is 56.3. The van der Waals surface area contributed by atoms with E-state index in [1.807, 2.05) is 6.92 Å². The van der Waals surface area contributed by atoms with E-state index in [1.165, 1.54) is 6.33 Å². The van der Waals surface area contributed by atoms with Gasteiger partial charge in [0.15, 0.2) is 11.6 Å². The topological polar surface area (TPSA) is 47.0 Å². The number of aryl methyl sites for hydroxylation is 1. The Morgan fingerprint density at radius 1 is 1.22 bits per heavy atom. The zero-order chi connectivity index (χ0) is 20.0. The molecular weight excluding hydrogens is 429 g/mol. The van der Waals surface area contributed by atoms with Gasteiger partial charge in [0.2, 0.25) is 0 Å². The van der Waals surface area contributed by atoms with Gasteiger partial charge in [-0.2, -0.15) is 13.2 Å². The Hall–Kier alpha value is -1.45. The van der Waals surface area contributed by atoms with Gasteiger partial charge in [-0.05, 0) is 18.6 Å². The van der Waals surface area contributed by atoms with Crippen LogP contribution in [0.4, 0.5) is 23.4 Å². The zero-order valence-electron chi connectivity index (χ0n) is 14.0. The first-order valence-electron chi connectivity index (χ1n) is 7.76. The first kappa shape index (κ1) is 21.8. The van der Waals surface area contributed by atoms with Gasteiger partial charge < -0.3 is 10.1 Å². The van der Waals surface area contributed by atoms with Crippen molar-refractivity contribution in [3.8, 4) is 5.75 Å². The van der Waals surface area contributed by atoms with E-state index in [1.54, 1.807) is 0 Å². The normalized spacial score (nSPS) is 11.5. The molecule has 0 saturated heterocycles. The van der Waals surface area contributed by atoms with Gasteiger partial charge in [0.05, 0.1) is 23.0 Å². The Kier molecular flexibility index (Phi) is 7.81. The highest BCUT2D eigenvalue weighted by Gasteiger charge is 2.28. The summed E-state index contributed by atoms with van der Waals surface area (Å²) in [6, 6.07) is 2.08. The number of hydrogen-bond donors (Lipinski definition) is 1. The monoisotopic (exact) mass is 443 g/mol. The van der Waals surface area contributed by atoms with E-state index >= 15 is 0 Å². The zero-order valence-corrected chi connectivity index (χ0v) is 16.4. The fourth-order valence-electron chi connectivity index (χ4n) is 2.00. The number of anilines is 1. The summed E-state index contributed by atoms with van der Waals surface area (Å²) in [5, 5.41) is 3.23. The van der Waals surface area contributed by atoms with Crippen LogP contribution in [-0.4, -0.2) is 35.0 Å². The van der Waals surface area contributed by atoms with Crippen LogP contribution < -0.4 is 10.1 Å². The van der Waals surface area contributed by atoms with Gasteiger partial charge in [-0.1, -0.05) is 30.1 Å². The molecule has 0 radical (unpaired) electrons. The number of halogens is 6. The highest BCUT2D eigenvalue weighted by atomic mass is 35.5. The highest BCUT2D eigenvalue weighted by molar-refractivity contribution is 7.99. The number of hydrogen-bond acceptors (Lipinski definition) is 5. The number of thioether (sulfide) groups is 1. The number of nitrogens with one attached hydrogen (secondary N) is 1. The molecule has 4 nitrogen and oxygen atoms in total. The summed E-state index contributed by atoms with van der Waals surface area (Å²) in [5.41, 5.74) is 0.685. The number of aromatic nitrogens is 2. The van der Waals surface area contributed by atoms with Crippen molar-refractivity contribution < 1.29 is 22.3 Å². The Labute approximate surface area is 167 Å². The van der Waals surface area contributed by atoms with E-state index in [-0.39, 0.29) is 28.8 Å². The quantitative estimate of drug-likeness (QED) is 0.325. The lowest BCUT2D eigenvalue weighted by molar-refractivity contribution is -0.105. The van der Waals surface area contributed by atoms with E-state index in [2.05, 4.69) is 15.3 Å². The van der Waals surface area contributed by atoms with Gasteiger partial charge in [0.1, 0.15) is 23.8 Å². The van der Waals surface area contributed by atoms with Gasteiger partial charge in [-0.25, -0.2) is 14.4 Å². The molecule has 1 N–H and O–H groups in total. The Bertz CT molecular complexity index is 793. The second-order valence-corrected chi connectivity index (χ2v) is 7.03. The number of alkyl halides is 3. The summed E-state index contributed by atoms with van der Waals surface area (Å²) >= 11 is 12.4. The second-order valence-electron chi connectivity index (χ2n) is 5.23. The largest absolute Gasteiger partial charge is 0.489 e. The molecule has 27 heavy (non-hydrogen) atoms. The lowest BCUT2D eigenvalue weighted by atomic mass is 10.3. The molecule has 0 spiro atoms. The molecule has 2 aromatic rings. The molecule has 0 aliphatic rings. The van der Waals surface area contributed by atoms with E-state index in [0.717, 1.165) is 12.1 Å². The molecule has 0 aliphatic carbocycles. The Morgan fingerprint density at radius 3 is 2.63 bits per heavy atom. The summed E-state index contributed by atoms with van der Waals surface area (Å²) in [6.45, 7) is 2.18. The first-order chi connectivity index (χ1) is 12.7.